The molecule has 0 aromatic rings. The maximum Gasteiger partial charge on any atom is 0.303 e. The van der Waals surface area contributed by atoms with Crippen LogP contribution < -0.4 is 10.6 Å². The van der Waals surface area contributed by atoms with Crippen LogP contribution in [0.25, 0.3) is 0 Å². The first-order valence-electron chi connectivity index (χ1n) is 16.4. The molecule has 246 valence electrons. The average Bonchev–Trinajstić information content (AvgIpc) is 3.74. The van der Waals surface area contributed by atoms with Crippen LogP contribution in [-0.2, 0) is 33.3 Å². The van der Waals surface area contributed by atoms with Crippen LogP contribution in [-0.4, -0.2) is 83.8 Å². The summed E-state index contributed by atoms with van der Waals surface area (Å²) in [4.78, 5) is 36.2. The number of carbonyl (C=O) groups excluding carboxylic acids is 3. The lowest BCUT2D eigenvalue weighted by Crippen LogP contribution is -2.51. The van der Waals surface area contributed by atoms with Crippen LogP contribution >= 0.6 is 0 Å². The monoisotopic (exact) mass is 616 g/mol. The summed E-state index contributed by atoms with van der Waals surface area (Å²) in [6, 6.07) is 0.140. The van der Waals surface area contributed by atoms with Gasteiger partial charge in [-0.1, -0.05) is 50.0 Å². The number of rotatable bonds is 11. The molecule has 3 saturated heterocycles. The fourth-order valence-electron chi connectivity index (χ4n) is 6.63. The van der Waals surface area contributed by atoms with Crippen LogP contribution in [0.5, 0.6) is 0 Å². The summed E-state index contributed by atoms with van der Waals surface area (Å²) in [7, 11) is 0. The van der Waals surface area contributed by atoms with Crippen molar-refractivity contribution in [2.24, 2.45) is 5.92 Å². The lowest BCUT2D eigenvalue weighted by atomic mass is 9.87. The third-order valence-corrected chi connectivity index (χ3v) is 9.31. The Morgan fingerprint density at radius 2 is 1.80 bits per heavy atom. The minimum Gasteiger partial charge on any atom is -0.459 e. The van der Waals surface area contributed by atoms with E-state index in [-0.39, 0.29) is 54.5 Å². The molecular formula is C34H52N2O8. The number of epoxide rings is 1. The molecule has 0 radical (unpaired) electrons. The van der Waals surface area contributed by atoms with Gasteiger partial charge < -0.3 is 34.7 Å². The van der Waals surface area contributed by atoms with E-state index in [0.29, 0.717) is 19.4 Å². The second kappa shape index (κ2) is 15.7. The number of amides is 2. The molecule has 0 bridgehead atoms. The highest BCUT2D eigenvalue weighted by atomic mass is 16.6. The van der Waals surface area contributed by atoms with Crippen molar-refractivity contribution in [2.45, 2.75) is 147 Å². The summed E-state index contributed by atoms with van der Waals surface area (Å²) in [6.45, 7) is 9.62. The van der Waals surface area contributed by atoms with Gasteiger partial charge in [-0.2, -0.15) is 0 Å². The Balaban J connectivity index is 1.25. The Kier molecular flexibility index (Phi) is 12.2. The zero-order chi connectivity index (χ0) is 31.9. The van der Waals surface area contributed by atoms with E-state index in [1.165, 1.54) is 19.4 Å². The lowest BCUT2D eigenvalue weighted by Gasteiger charge is -2.39. The van der Waals surface area contributed by atoms with Crippen LogP contribution in [0, 0.1) is 5.92 Å². The number of aliphatic hydroxyl groups is 1. The molecule has 2 amide bonds. The molecule has 3 heterocycles. The summed E-state index contributed by atoms with van der Waals surface area (Å²) in [6.07, 6.45) is 14.6. The number of aliphatic hydroxyl groups excluding tert-OH is 1. The zero-order valence-electron chi connectivity index (χ0n) is 27.0. The minimum absolute atomic E-state index is 0.00717. The Bertz CT molecular complexity index is 1090. The second-order valence-electron chi connectivity index (χ2n) is 13.3. The van der Waals surface area contributed by atoms with Gasteiger partial charge in [0.2, 0.25) is 11.8 Å². The molecule has 1 saturated carbocycles. The molecule has 4 rings (SSSR count). The number of allylic oxidation sites excluding steroid dienone is 2. The third-order valence-electron chi connectivity index (χ3n) is 9.31. The van der Waals surface area contributed by atoms with Gasteiger partial charge in [-0.25, -0.2) is 0 Å². The molecule has 10 nitrogen and oxygen atoms in total. The van der Waals surface area contributed by atoms with Crippen molar-refractivity contribution in [3.63, 3.8) is 0 Å². The topological polar surface area (TPSA) is 136 Å². The summed E-state index contributed by atoms with van der Waals surface area (Å²) in [5.74, 6) is -0.397. The highest BCUT2D eigenvalue weighted by molar-refractivity contribution is 5.87. The molecule has 4 aliphatic rings. The largest absolute Gasteiger partial charge is 0.459 e. The molecule has 10 heteroatoms. The second-order valence-corrected chi connectivity index (χ2v) is 13.3. The number of hydrogen-bond donors (Lipinski definition) is 3. The van der Waals surface area contributed by atoms with Crippen LogP contribution in [0.2, 0.25) is 0 Å². The fourth-order valence-corrected chi connectivity index (χ4v) is 6.63. The van der Waals surface area contributed by atoms with Crippen molar-refractivity contribution in [1.82, 2.24) is 10.6 Å². The number of hydrogen-bond acceptors (Lipinski definition) is 8. The highest BCUT2D eigenvalue weighted by Gasteiger charge is 2.58. The van der Waals surface area contributed by atoms with Crippen molar-refractivity contribution in [2.75, 3.05) is 6.61 Å². The quantitative estimate of drug-likeness (QED) is 0.138. The van der Waals surface area contributed by atoms with Gasteiger partial charge in [0.1, 0.15) is 23.9 Å². The first-order chi connectivity index (χ1) is 20.9. The molecule has 4 fully saturated rings. The standard InChI is InChI=1S/C34H52N2O8/c1-21(11-14-29-22(2)17-28(24(4)43-29)36-31(38)16-13-23(3)42-25(5)37)12-15-30-33(40)34(20-41-34)19-27(44-30)18-32(39)35-26-9-7-6-8-10-26/h11-13,15-16,22-24,26-30,33,40H,6-10,14,17-20H2,1-5H3,(H,35,39)(H,36,38)/b15-12+,16-13-,21-11+/t22?,23?,24?,27-,28?,29?,30-,33-,34?/m1/s1. The van der Waals surface area contributed by atoms with Gasteiger partial charge in [0.05, 0.1) is 37.4 Å². The molecule has 0 aromatic heterocycles. The normalized spacial score (nSPS) is 35.5. The molecule has 44 heavy (non-hydrogen) atoms. The molecule has 3 aliphatic heterocycles. The van der Waals surface area contributed by atoms with E-state index in [9.17, 15) is 19.5 Å². The smallest absolute Gasteiger partial charge is 0.303 e. The molecule has 1 aliphatic carbocycles. The van der Waals surface area contributed by atoms with E-state index in [1.807, 2.05) is 26.0 Å². The van der Waals surface area contributed by atoms with Gasteiger partial charge in [0.25, 0.3) is 0 Å². The third kappa shape index (κ3) is 9.99. The van der Waals surface area contributed by atoms with E-state index >= 15 is 0 Å². The first kappa shape index (κ1) is 34.3. The maximum atomic E-state index is 12.7. The van der Waals surface area contributed by atoms with E-state index in [4.69, 9.17) is 18.9 Å². The number of carbonyl (C=O) groups is 3. The van der Waals surface area contributed by atoms with Crippen LogP contribution in [0.15, 0.2) is 36.0 Å². The Labute approximate surface area is 262 Å². The van der Waals surface area contributed by atoms with Crippen LogP contribution in [0.3, 0.4) is 0 Å². The van der Waals surface area contributed by atoms with Gasteiger partial charge in [-0.05, 0) is 58.4 Å². The molecule has 0 aromatic carbocycles. The van der Waals surface area contributed by atoms with Crippen LogP contribution in [0.4, 0.5) is 0 Å². The van der Waals surface area contributed by atoms with Gasteiger partial charge in [0.15, 0.2) is 0 Å². The number of ether oxygens (including phenoxy) is 4. The Morgan fingerprint density at radius 1 is 1.07 bits per heavy atom. The maximum absolute atomic E-state index is 12.7. The summed E-state index contributed by atoms with van der Waals surface area (Å²) in [5, 5.41) is 17.2. The summed E-state index contributed by atoms with van der Waals surface area (Å²) in [5.41, 5.74) is 0.402. The fraction of sp³-hybridized carbons (Fsp3) is 0.735. The van der Waals surface area contributed by atoms with Gasteiger partial charge in [-0.3, -0.25) is 14.4 Å². The van der Waals surface area contributed by atoms with Crippen molar-refractivity contribution < 1.29 is 38.4 Å². The predicted octanol–water partition coefficient (Wildman–Crippen LogP) is 3.81. The number of esters is 1. The van der Waals surface area contributed by atoms with Crippen molar-refractivity contribution >= 4 is 17.8 Å². The lowest BCUT2D eigenvalue weighted by molar-refractivity contribution is -0.146. The van der Waals surface area contributed by atoms with E-state index < -0.39 is 29.9 Å². The SMILES string of the molecule is CC(=O)OC(C)/C=C\C(=O)NC1CC(C)C(C/C=C(C)/C=C/[C@H]2O[C@H](CC(=O)NC3CCCCC3)CC3(CO3)[C@@H]2O)OC1C. The van der Waals surface area contributed by atoms with E-state index in [2.05, 4.69) is 23.6 Å². The molecule has 9 atom stereocenters. The molecular weight excluding hydrogens is 564 g/mol. The predicted molar refractivity (Wildman–Crippen MR) is 166 cm³/mol. The first-order valence-corrected chi connectivity index (χ1v) is 16.4. The van der Waals surface area contributed by atoms with Crippen molar-refractivity contribution in [3.8, 4) is 0 Å². The van der Waals surface area contributed by atoms with Crippen LogP contribution in [0.1, 0.15) is 92.4 Å². The van der Waals surface area contributed by atoms with E-state index in [1.54, 1.807) is 13.0 Å². The van der Waals surface area contributed by atoms with Gasteiger partial charge >= 0.3 is 5.97 Å². The van der Waals surface area contributed by atoms with Crippen molar-refractivity contribution in [3.05, 3.63) is 36.0 Å². The number of nitrogens with one attached hydrogen (secondary N) is 2. The molecule has 6 unspecified atom stereocenters. The van der Waals surface area contributed by atoms with Gasteiger partial charge in [0, 0.05) is 25.5 Å². The Hall–Kier alpha value is -2.53. The highest BCUT2D eigenvalue weighted by Crippen LogP contribution is 2.43. The Morgan fingerprint density at radius 3 is 2.48 bits per heavy atom. The van der Waals surface area contributed by atoms with Crippen molar-refractivity contribution in [1.29, 1.82) is 0 Å². The van der Waals surface area contributed by atoms with E-state index in [0.717, 1.165) is 37.7 Å². The summed E-state index contributed by atoms with van der Waals surface area (Å²) >= 11 is 0. The zero-order valence-corrected chi connectivity index (χ0v) is 27.0. The molecule has 1 spiro atoms. The summed E-state index contributed by atoms with van der Waals surface area (Å²) < 4.78 is 23.2. The van der Waals surface area contributed by atoms with Gasteiger partial charge in [-0.15, -0.1) is 0 Å². The average molecular weight is 617 g/mol. The minimum atomic E-state index is -0.779. The molecule has 3 N–H and O–H groups in total.